The third-order valence-electron chi connectivity index (χ3n) is 5.52. The minimum Gasteiger partial charge on any atom is -0.497 e. The number of aromatic amines is 1. The van der Waals surface area contributed by atoms with Crippen molar-refractivity contribution >= 4 is 23.8 Å². The number of rotatable bonds is 10. The largest absolute Gasteiger partial charge is 0.497 e. The van der Waals surface area contributed by atoms with Crippen LogP contribution in [-0.4, -0.2) is 47.3 Å². The zero-order valence-corrected chi connectivity index (χ0v) is 21.3. The number of carboxylic acids is 1. The Morgan fingerprint density at radius 2 is 1.74 bits per heavy atom. The van der Waals surface area contributed by atoms with E-state index in [-0.39, 0.29) is 16.9 Å². The summed E-state index contributed by atoms with van der Waals surface area (Å²) in [6.45, 7) is 0.578. The molecule has 194 valence electrons. The lowest BCUT2D eigenvalue weighted by molar-refractivity contribution is -0.131. The van der Waals surface area contributed by atoms with Crippen LogP contribution < -0.4 is 23.7 Å². The van der Waals surface area contributed by atoms with E-state index in [4.69, 9.17) is 23.7 Å². The van der Waals surface area contributed by atoms with Crippen LogP contribution in [-0.2, 0) is 11.4 Å². The van der Waals surface area contributed by atoms with Gasteiger partial charge in [0.15, 0.2) is 17.3 Å². The minimum absolute atomic E-state index is 0.0628. The van der Waals surface area contributed by atoms with E-state index >= 15 is 0 Å². The number of aromatic nitrogens is 3. The number of hydrogen-bond donors (Lipinski definition) is 2. The van der Waals surface area contributed by atoms with Crippen molar-refractivity contribution in [2.24, 2.45) is 0 Å². The van der Waals surface area contributed by atoms with Crippen LogP contribution in [0.25, 0.3) is 17.5 Å². The number of thioether (sulfide) groups is 1. The molecular formula is C27H23N3O7S. The number of hydrogen-bond acceptors (Lipinski definition) is 9. The van der Waals surface area contributed by atoms with Crippen molar-refractivity contribution in [2.75, 3.05) is 21.0 Å². The van der Waals surface area contributed by atoms with Gasteiger partial charge < -0.3 is 28.8 Å². The highest BCUT2D eigenvalue weighted by atomic mass is 32.2. The van der Waals surface area contributed by atoms with Crippen molar-refractivity contribution in [3.63, 3.8) is 0 Å². The third-order valence-corrected chi connectivity index (χ3v) is 6.40. The molecule has 0 amide bonds. The molecule has 1 aliphatic heterocycles. The average Bonchev–Trinajstić information content (AvgIpc) is 3.61. The van der Waals surface area contributed by atoms with Crippen LogP contribution in [0.4, 0.5) is 0 Å². The highest BCUT2D eigenvalue weighted by molar-refractivity contribution is 8.04. The van der Waals surface area contributed by atoms with Crippen LogP contribution in [0, 0.1) is 0 Å². The summed E-state index contributed by atoms with van der Waals surface area (Å²) in [7, 11) is 3.12. The van der Waals surface area contributed by atoms with Crippen molar-refractivity contribution < 1.29 is 33.6 Å². The number of aliphatic carboxylic acids is 1. The number of carboxylic acid groups (broad SMARTS) is 1. The molecule has 38 heavy (non-hydrogen) atoms. The first-order valence-corrected chi connectivity index (χ1v) is 12.2. The molecule has 0 fully saturated rings. The number of fused-ring (bicyclic) bond motifs is 1. The molecular weight excluding hydrogens is 510 g/mol. The van der Waals surface area contributed by atoms with Gasteiger partial charge in [-0.2, -0.15) is 0 Å². The molecule has 0 aliphatic carbocycles. The molecule has 11 heteroatoms. The van der Waals surface area contributed by atoms with Crippen molar-refractivity contribution in [1.82, 2.24) is 15.2 Å². The van der Waals surface area contributed by atoms with E-state index in [0.29, 0.717) is 46.6 Å². The van der Waals surface area contributed by atoms with E-state index in [1.165, 1.54) is 0 Å². The number of carbonyl (C=O) groups is 1. The molecule has 0 bridgehead atoms. The normalized spacial score (nSPS) is 12.3. The highest BCUT2D eigenvalue weighted by Gasteiger charge is 2.16. The third kappa shape index (κ3) is 5.84. The van der Waals surface area contributed by atoms with Crippen molar-refractivity contribution in [2.45, 2.75) is 11.8 Å². The zero-order chi connectivity index (χ0) is 26.5. The van der Waals surface area contributed by atoms with E-state index in [9.17, 15) is 9.90 Å². The number of benzene rings is 3. The first-order valence-electron chi connectivity index (χ1n) is 11.4. The van der Waals surface area contributed by atoms with Crippen molar-refractivity contribution in [1.29, 1.82) is 0 Å². The Labute approximate surface area is 222 Å². The Morgan fingerprint density at radius 1 is 1.00 bits per heavy atom. The van der Waals surface area contributed by atoms with E-state index in [2.05, 4.69) is 15.2 Å². The Balaban J connectivity index is 1.26. The second-order valence-electron chi connectivity index (χ2n) is 8.03. The van der Waals surface area contributed by atoms with E-state index in [1.807, 2.05) is 18.2 Å². The summed E-state index contributed by atoms with van der Waals surface area (Å²) >= 11 is 0.941. The highest BCUT2D eigenvalue weighted by Crippen LogP contribution is 2.33. The van der Waals surface area contributed by atoms with Gasteiger partial charge in [-0.05, 0) is 65.4 Å². The first-order chi connectivity index (χ1) is 18.5. The SMILES string of the molecule is COc1cc(OC)cc(-c2nc(S/C(=C\c3ccc(OCc4ccc5c(c4)OCO5)cc3)C(=O)O)n[nH]2)c1. The lowest BCUT2D eigenvalue weighted by Crippen LogP contribution is -1.98. The van der Waals surface area contributed by atoms with Gasteiger partial charge in [-0.3, -0.25) is 5.10 Å². The van der Waals surface area contributed by atoms with Crippen LogP contribution in [0.1, 0.15) is 11.1 Å². The maximum absolute atomic E-state index is 11.9. The van der Waals surface area contributed by atoms with E-state index in [0.717, 1.165) is 23.1 Å². The molecule has 0 unspecified atom stereocenters. The van der Waals surface area contributed by atoms with Crippen molar-refractivity contribution in [3.8, 4) is 40.1 Å². The fourth-order valence-corrected chi connectivity index (χ4v) is 4.31. The molecule has 4 aromatic rings. The smallest absolute Gasteiger partial charge is 0.342 e. The molecule has 0 radical (unpaired) electrons. The summed E-state index contributed by atoms with van der Waals surface area (Å²) in [5.74, 6) is 2.63. The summed E-state index contributed by atoms with van der Waals surface area (Å²) in [6.07, 6.45) is 1.55. The number of methoxy groups -OCH3 is 2. The fourth-order valence-electron chi connectivity index (χ4n) is 3.61. The van der Waals surface area contributed by atoms with Crippen molar-refractivity contribution in [3.05, 3.63) is 76.7 Å². The Kier molecular flexibility index (Phi) is 7.36. The zero-order valence-electron chi connectivity index (χ0n) is 20.5. The number of nitrogens with zero attached hydrogens (tertiary/aromatic N) is 2. The van der Waals surface area contributed by atoms with E-state index < -0.39 is 5.97 Å². The average molecular weight is 534 g/mol. The number of ether oxygens (including phenoxy) is 5. The molecule has 3 aromatic carbocycles. The second-order valence-corrected chi connectivity index (χ2v) is 9.04. The van der Waals surface area contributed by atoms with Gasteiger partial charge >= 0.3 is 5.97 Å². The molecule has 0 spiro atoms. The number of nitrogens with one attached hydrogen (secondary N) is 1. The van der Waals surface area contributed by atoms with Crippen LogP contribution in [0.5, 0.6) is 28.7 Å². The minimum atomic E-state index is -1.09. The van der Waals surface area contributed by atoms with Crippen LogP contribution in [0.15, 0.2) is 70.7 Å². The Morgan fingerprint density at radius 3 is 2.45 bits per heavy atom. The van der Waals surface area contributed by atoms with E-state index in [1.54, 1.807) is 62.8 Å². The summed E-state index contributed by atoms with van der Waals surface area (Å²) in [5.41, 5.74) is 2.33. The predicted molar refractivity (Wildman–Crippen MR) is 140 cm³/mol. The van der Waals surface area contributed by atoms with Gasteiger partial charge in [0.1, 0.15) is 28.8 Å². The fraction of sp³-hybridized carbons (Fsp3) is 0.148. The monoisotopic (exact) mass is 533 g/mol. The van der Waals surface area contributed by atoms with Crippen LogP contribution in [0.2, 0.25) is 0 Å². The number of H-pyrrole nitrogens is 1. The van der Waals surface area contributed by atoms with Crippen LogP contribution >= 0.6 is 11.8 Å². The maximum atomic E-state index is 11.9. The van der Waals surface area contributed by atoms with Gasteiger partial charge in [0.05, 0.1) is 14.2 Å². The lowest BCUT2D eigenvalue weighted by atomic mass is 10.2. The topological polar surface area (TPSA) is 125 Å². The molecule has 5 rings (SSSR count). The summed E-state index contributed by atoms with van der Waals surface area (Å²) in [4.78, 5) is 16.4. The van der Waals surface area contributed by atoms with Gasteiger partial charge in [0.2, 0.25) is 11.9 Å². The van der Waals surface area contributed by atoms with Gasteiger partial charge in [-0.15, -0.1) is 5.10 Å². The first kappa shape index (κ1) is 25.0. The molecule has 10 nitrogen and oxygen atoms in total. The summed E-state index contributed by atoms with van der Waals surface area (Å²) in [6, 6.07) is 18.1. The predicted octanol–water partition coefficient (Wildman–Crippen LogP) is 5.01. The molecule has 1 aliphatic rings. The Hall–Kier alpha value is -4.64. The lowest BCUT2D eigenvalue weighted by Gasteiger charge is -2.07. The molecule has 2 heterocycles. The molecule has 2 N–H and O–H groups in total. The van der Waals surface area contributed by atoms with Gasteiger partial charge in [-0.25, -0.2) is 9.78 Å². The Bertz CT molecular complexity index is 1460. The summed E-state index contributed by atoms with van der Waals surface area (Å²) < 4.78 is 27.2. The molecule has 0 saturated carbocycles. The summed E-state index contributed by atoms with van der Waals surface area (Å²) in [5, 5.41) is 17.0. The molecule has 1 aromatic heterocycles. The van der Waals surface area contributed by atoms with Gasteiger partial charge in [0, 0.05) is 11.6 Å². The molecule has 0 saturated heterocycles. The molecule has 0 atom stereocenters. The quantitative estimate of drug-likeness (QED) is 0.212. The van der Waals surface area contributed by atoms with Gasteiger partial charge in [-0.1, -0.05) is 18.2 Å². The van der Waals surface area contributed by atoms with Gasteiger partial charge in [0.25, 0.3) is 0 Å². The maximum Gasteiger partial charge on any atom is 0.342 e. The second kappa shape index (κ2) is 11.2. The standard InChI is InChI=1S/C27H23N3O7S/c1-33-20-11-18(12-21(13-20)34-2)25-28-27(30-29-25)38-24(26(31)32)10-16-3-6-19(7-4-16)35-14-17-5-8-22-23(9-17)37-15-36-22/h3-13H,14-15H2,1-2H3,(H,31,32)(H,28,29,30)/b24-10-. The van der Waals surface area contributed by atoms with Crippen LogP contribution in [0.3, 0.4) is 0 Å².